The predicted octanol–water partition coefficient (Wildman–Crippen LogP) is 3.12. The first-order chi connectivity index (χ1) is 8.12. The van der Waals surface area contributed by atoms with Gasteiger partial charge >= 0.3 is 0 Å². The van der Waals surface area contributed by atoms with Gasteiger partial charge in [-0.3, -0.25) is 0 Å². The van der Waals surface area contributed by atoms with E-state index in [4.69, 9.17) is 5.11 Å². The summed E-state index contributed by atoms with van der Waals surface area (Å²) in [5.41, 5.74) is 1.70. The first-order valence-corrected chi connectivity index (χ1v) is 7.41. The largest absolute Gasteiger partial charge is 0.396 e. The van der Waals surface area contributed by atoms with E-state index < -0.39 is 0 Å². The number of rotatable bonds is 5. The number of hydrogen-bond donors (Lipinski definition) is 2. The Morgan fingerprint density at radius 1 is 1.53 bits per heavy atom. The van der Waals surface area contributed by atoms with Crippen LogP contribution in [0, 0.1) is 5.41 Å². The quantitative estimate of drug-likeness (QED) is 0.845. The highest BCUT2D eigenvalue weighted by atomic mass is 32.1. The zero-order valence-electron chi connectivity index (χ0n) is 10.8. The molecule has 1 aliphatic carbocycles. The summed E-state index contributed by atoms with van der Waals surface area (Å²) in [5.74, 6) is 0. The molecule has 1 atom stereocenters. The molecule has 0 aromatic carbocycles. The Morgan fingerprint density at radius 2 is 2.35 bits per heavy atom. The molecule has 3 heteroatoms. The Balaban J connectivity index is 1.93. The minimum Gasteiger partial charge on any atom is -0.396 e. The maximum absolute atomic E-state index is 9.04. The summed E-state index contributed by atoms with van der Waals surface area (Å²) >= 11 is 1.89. The summed E-state index contributed by atoms with van der Waals surface area (Å²) in [5, 5.41) is 14.9. The van der Waals surface area contributed by atoms with Crippen LogP contribution < -0.4 is 5.32 Å². The fourth-order valence-electron chi connectivity index (χ4n) is 2.49. The number of hydrogen-bond acceptors (Lipinski definition) is 3. The van der Waals surface area contributed by atoms with Crippen LogP contribution in [0.1, 0.15) is 49.6 Å². The topological polar surface area (TPSA) is 32.3 Å². The van der Waals surface area contributed by atoms with E-state index in [2.05, 4.69) is 30.6 Å². The van der Waals surface area contributed by atoms with E-state index in [1.54, 1.807) is 4.88 Å². The van der Waals surface area contributed by atoms with Crippen LogP contribution in [-0.4, -0.2) is 18.3 Å². The molecule has 0 bridgehead atoms. The van der Waals surface area contributed by atoms with E-state index in [1.165, 1.54) is 24.8 Å². The molecule has 0 amide bonds. The van der Waals surface area contributed by atoms with Crippen LogP contribution in [0.3, 0.4) is 0 Å². The lowest BCUT2D eigenvalue weighted by atomic mass is 9.88. The van der Waals surface area contributed by atoms with Crippen LogP contribution in [0.15, 0.2) is 11.4 Å². The molecular weight excluding hydrogens is 230 g/mol. The number of aliphatic hydroxyl groups excluding tert-OH is 1. The van der Waals surface area contributed by atoms with Crippen LogP contribution in [0.2, 0.25) is 0 Å². The number of aliphatic hydroxyl groups is 1. The molecule has 0 saturated carbocycles. The normalized spacial score (nSPS) is 20.3. The predicted molar refractivity (Wildman–Crippen MR) is 73.5 cm³/mol. The zero-order valence-corrected chi connectivity index (χ0v) is 11.6. The maximum Gasteiger partial charge on any atom is 0.0436 e. The Hall–Kier alpha value is -0.380. The third-order valence-electron chi connectivity index (χ3n) is 3.67. The third-order valence-corrected chi connectivity index (χ3v) is 4.66. The summed E-state index contributed by atoms with van der Waals surface area (Å²) in [6, 6.07) is 2.80. The van der Waals surface area contributed by atoms with Crippen molar-refractivity contribution in [2.24, 2.45) is 5.41 Å². The molecule has 17 heavy (non-hydrogen) atoms. The van der Waals surface area contributed by atoms with Gasteiger partial charge in [0.1, 0.15) is 0 Å². The second-order valence-corrected chi connectivity index (χ2v) is 6.76. The molecular formula is C14H23NOS. The molecule has 96 valence electrons. The standard InChI is InChI=1S/C14H23NOS/c1-14(2,7-8-16)10-15-12-4-3-5-13-11(12)6-9-17-13/h6,9,12,15-16H,3-5,7-8,10H2,1-2H3. The van der Waals surface area contributed by atoms with Gasteiger partial charge in [0.15, 0.2) is 0 Å². The molecule has 1 aromatic heterocycles. The smallest absolute Gasteiger partial charge is 0.0436 e. The van der Waals surface area contributed by atoms with Crippen molar-refractivity contribution in [2.75, 3.05) is 13.2 Å². The molecule has 0 radical (unpaired) electrons. The molecule has 0 saturated heterocycles. The Bertz CT molecular complexity index is 359. The monoisotopic (exact) mass is 253 g/mol. The summed E-state index contributed by atoms with van der Waals surface area (Å²) in [6.07, 6.45) is 4.67. The third kappa shape index (κ3) is 3.30. The lowest BCUT2D eigenvalue weighted by Crippen LogP contribution is -2.34. The van der Waals surface area contributed by atoms with Gasteiger partial charge in [-0.15, -0.1) is 11.3 Å². The van der Waals surface area contributed by atoms with Crippen LogP contribution in [0.5, 0.6) is 0 Å². The van der Waals surface area contributed by atoms with E-state index in [1.807, 2.05) is 11.3 Å². The van der Waals surface area contributed by atoms with Crippen LogP contribution in [0.4, 0.5) is 0 Å². The minimum absolute atomic E-state index is 0.183. The van der Waals surface area contributed by atoms with Crippen molar-refractivity contribution in [3.8, 4) is 0 Å². The van der Waals surface area contributed by atoms with Crippen molar-refractivity contribution in [1.82, 2.24) is 5.32 Å². The highest BCUT2D eigenvalue weighted by Crippen LogP contribution is 2.33. The van der Waals surface area contributed by atoms with Crippen molar-refractivity contribution in [3.05, 3.63) is 21.9 Å². The van der Waals surface area contributed by atoms with Gasteiger partial charge in [0.05, 0.1) is 0 Å². The van der Waals surface area contributed by atoms with E-state index >= 15 is 0 Å². The van der Waals surface area contributed by atoms with Crippen molar-refractivity contribution in [3.63, 3.8) is 0 Å². The van der Waals surface area contributed by atoms with E-state index in [0.717, 1.165) is 13.0 Å². The Kier molecular flexibility index (Phi) is 4.23. The number of aryl methyl sites for hydroxylation is 1. The highest BCUT2D eigenvalue weighted by Gasteiger charge is 2.24. The lowest BCUT2D eigenvalue weighted by molar-refractivity contribution is 0.201. The Morgan fingerprint density at radius 3 is 3.12 bits per heavy atom. The van der Waals surface area contributed by atoms with Gasteiger partial charge in [-0.1, -0.05) is 13.8 Å². The summed E-state index contributed by atoms with van der Waals surface area (Å²) in [6.45, 7) is 5.69. The molecule has 2 nitrogen and oxygen atoms in total. The first kappa shape index (κ1) is 13.1. The minimum atomic E-state index is 0.183. The number of thiophene rings is 1. The average Bonchev–Trinajstić information content (AvgIpc) is 2.74. The molecule has 1 heterocycles. The summed E-state index contributed by atoms with van der Waals surface area (Å²) in [7, 11) is 0. The number of fused-ring (bicyclic) bond motifs is 1. The van der Waals surface area contributed by atoms with Gasteiger partial charge in [-0.2, -0.15) is 0 Å². The fraction of sp³-hybridized carbons (Fsp3) is 0.714. The van der Waals surface area contributed by atoms with Gasteiger partial charge in [-0.25, -0.2) is 0 Å². The SMILES string of the molecule is CC(C)(CCO)CNC1CCCc2sccc21. The average molecular weight is 253 g/mol. The van der Waals surface area contributed by atoms with Gasteiger partial charge in [0.2, 0.25) is 0 Å². The van der Waals surface area contributed by atoms with E-state index in [9.17, 15) is 0 Å². The molecule has 0 fully saturated rings. The molecule has 2 rings (SSSR count). The molecule has 0 spiro atoms. The van der Waals surface area contributed by atoms with Crippen molar-refractivity contribution >= 4 is 11.3 Å². The molecule has 0 aliphatic heterocycles. The molecule has 2 N–H and O–H groups in total. The highest BCUT2D eigenvalue weighted by molar-refractivity contribution is 7.10. The maximum atomic E-state index is 9.04. The second-order valence-electron chi connectivity index (χ2n) is 5.76. The molecule has 1 aromatic rings. The Labute approximate surface area is 108 Å². The number of nitrogens with one attached hydrogen (secondary N) is 1. The second kappa shape index (κ2) is 5.51. The summed E-state index contributed by atoms with van der Waals surface area (Å²) < 4.78 is 0. The van der Waals surface area contributed by atoms with Crippen LogP contribution in [-0.2, 0) is 6.42 Å². The molecule has 1 aliphatic rings. The van der Waals surface area contributed by atoms with Gasteiger partial charge < -0.3 is 10.4 Å². The fourth-order valence-corrected chi connectivity index (χ4v) is 3.48. The van der Waals surface area contributed by atoms with Gasteiger partial charge in [0, 0.05) is 24.1 Å². The summed E-state index contributed by atoms with van der Waals surface area (Å²) in [4.78, 5) is 1.56. The van der Waals surface area contributed by atoms with Crippen molar-refractivity contribution in [2.45, 2.75) is 45.6 Å². The van der Waals surface area contributed by atoms with E-state index in [-0.39, 0.29) is 12.0 Å². The van der Waals surface area contributed by atoms with Crippen molar-refractivity contribution in [1.29, 1.82) is 0 Å². The first-order valence-electron chi connectivity index (χ1n) is 6.53. The van der Waals surface area contributed by atoms with Gasteiger partial charge in [0.25, 0.3) is 0 Å². The lowest BCUT2D eigenvalue weighted by Gasteiger charge is -2.30. The molecule has 1 unspecified atom stereocenters. The van der Waals surface area contributed by atoms with E-state index in [0.29, 0.717) is 6.04 Å². The van der Waals surface area contributed by atoms with Crippen LogP contribution in [0.25, 0.3) is 0 Å². The van der Waals surface area contributed by atoms with Gasteiger partial charge in [-0.05, 0) is 48.1 Å². The van der Waals surface area contributed by atoms with Crippen molar-refractivity contribution < 1.29 is 5.11 Å². The van der Waals surface area contributed by atoms with Crippen LogP contribution >= 0.6 is 11.3 Å². The zero-order chi connectivity index (χ0) is 12.3.